The maximum Gasteiger partial charge on any atom is 0.387 e. The summed E-state index contributed by atoms with van der Waals surface area (Å²) >= 11 is 0. The Morgan fingerprint density at radius 2 is 1.83 bits per heavy atom. The Morgan fingerprint density at radius 1 is 1.04 bits per heavy atom. The highest BCUT2D eigenvalue weighted by Crippen LogP contribution is 2.29. The van der Waals surface area contributed by atoms with Crippen LogP contribution in [0.25, 0.3) is 0 Å². The molecule has 0 saturated heterocycles. The van der Waals surface area contributed by atoms with E-state index < -0.39 is 12.5 Å². The Kier molecular flexibility index (Phi) is 5.35. The molecule has 0 aromatic heterocycles. The highest BCUT2D eigenvalue weighted by Gasteiger charge is 2.13. The van der Waals surface area contributed by atoms with E-state index >= 15 is 0 Å². The summed E-state index contributed by atoms with van der Waals surface area (Å²) in [6, 6.07) is 10.4. The van der Waals surface area contributed by atoms with E-state index in [-0.39, 0.29) is 11.3 Å². The fourth-order valence-electron chi connectivity index (χ4n) is 1.92. The van der Waals surface area contributed by atoms with E-state index in [4.69, 9.17) is 9.47 Å². The number of ether oxygens (including phenoxy) is 3. The summed E-state index contributed by atoms with van der Waals surface area (Å²) in [5.41, 5.74) is 0.574. The van der Waals surface area contributed by atoms with Gasteiger partial charge < -0.3 is 19.5 Å². The molecule has 0 bridgehead atoms. The zero-order valence-electron chi connectivity index (χ0n) is 12.5. The molecule has 0 heterocycles. The molecule has 0 aliphatic rings. The summed E-state index contributed by atoms with van der Waals surface area (Å²) in [5.74, 6) is 0.400. The van der Waals surface area contributed by atoms with Gasteiger partial charge >= 0.3 is 6.61 Å². The summed E-state index contributed by atoms with van der Waals surface area (Å²) in [7, 11) is 2.97. The number of nitrogens with one attached hydrogen (secondary N) is 1. The van der Waals surface area contributed by atoms with Crippen molar-refractivity contribution in [1.82, 2.24) is 0 Å². The van der Waals surface area contributed by atoms with Gasteiger partial charge in [-0.2, -0.15) is 8.78 Å². The lowest BCUT2D eigenvalue weighted by Gasteiger charge is -2.12. The van der Waals surface area contributed by atoms with Gasteiger partial charge in [0, 0.05) is 11.6 Å². The summed E-state index contributed by atoms with van der Waals surface area (Å²) in [4.78, 5) is 12.3. The average Bonchev–Trinajstić information content (AvgIpc) is 2.54. The van der Waals surface area contributed by atoms with Crippen LogP contribution in [0.3, 0.4) is 0 Å². The van der Waals surface area contributed by atoms with Crippen LogP contribution < -0.4 is 19.5 Å². The predicted molar refractivity (Wildman–Crippen MR) is 80.6 cm³/mol. The van der Waals surface area contributed by atoms with Crippen LogP contribution in [0.4, 0.5) is 14.5 Å². The van der Waals surface area contributed by atoms with Crippen molar-refractivity contribution in [3.8, 4) is 17.2 Å². The van der Waals surface area contributed by atoms with E-state index in [9.17, 15) is 13.6 Å². The van der Waals surface area contributed by atoms with Gasteiger partial charge in [0.25, 0.3) is 5.91 Å². The second kappa shape index (κ2) is 7.44. The Balaban J connectivity index is 2.22. The van der Waals surface area contributed by atoms with Gasteiger partial charge in [0.2, 0.25) is 0 Å². The molecule has 7 heteroatoms. The predicted octanol–water partition coefficient (Wildman–Crippen LogP) is 3.56. The Hall–Kier alpha value is -2.83. The number of rotatable bonds is 6. The number of carbonyl (C=O) groups excluding carboxylic acids is 1. The molecule has 5 nitrogen and oxygen atoms in total. The minimum atomic E-state index is -2.95. The van der Waals surface area contributed by atoms with E-state index in [1.54, 1.807) is 18.2 Å². The largest absolute Gasteiger partial charge is 0.497 e. The maximum absolute atomic E-state index is 12.3. The van der Waals surface area contributed by atoms with Crippen LogP contribution in [0.1, 0.15) is 10.4 Å². The monoisotopic (exact) mass is 323 g/mol. The molecule has 2 rings (SSSR count). The molecule has 0 saturated carbocycles. The number of hydrogen-bond donors (Lipinski definition) is 1. The second-order valence-electron chi connectivity index (χ2n) is 4.43. The van der Waals surface area contributed by atoms with E-state index in [1.165, 1.54) is 38.5 Å². The second-order valence-corrected chi connectivity index (χ2v) is 4.43. The Bertz CT molecular complexity index is 692. The lowest BCUT2D eigenvalue weighted by Crippen LogP contribution is -2.13. The lowest BCUT2D eigenvalue weighted by atomic mass is 10.2. The Labute approximate surface area is 131 Å². The van der Waals surface area contributed by atoms with Crippen LogP contribution >= 0.6 is 0 Å². The van der Waals surface area contributed by atoms with Crippen molar-refractivity contribution in [1.29, 1.82) is 0 Å². The highest BCUT2D eigenvalue weighted by molar-refractivity contribution is 6.05. The molecule has 0 unspecified atom stereocenters. The van der Waals surface area contributed by atoms with Gasteiger partial charge in [-0.3, -0.25) is 4.79 Å². The summed E-state index contributed by atoms with van der Waals surface area (Å²) in [5, 5.41) is 2.65. The first-order valence-corrected chi connectivity index (χ1v) is 6.61. The molecular formula is C16H15F2NO4. The molecular weight excluding hydrogens is 308 g/mol. The van der Waals surface area contributed by atoms with E-state index in [0.29, 0.717) is 17.2 Å². The quantitative estimate of drug-likeness (QED) is 0.883. The molecule has 0 radical (unpaired) electrons. The summed E-state index contributed by atoms with van der Waals surface area (Å²) in [6.07, 6.45) is 0. The molecule has 2 aromatic carbocycles. The van der Waals surface area contributed by atoms with Crippen molar-refractivity contribution in [3.05, 3.63) is 48.0 Å². The average molecular weight is 323 g/mol. The van der Waals surface area contributed by atoms with E-state index in [1.807, 2.05) is 0 Å². The molecule has 122 valence electrons. The van der Waals surface area contributed by atoms with Crippen LogP contribution in [0.2, 0.25) is 0 Å². The number of halogens is 2. The summed E-state index contributed by atoms with van der Waals surface area (Å²) < 4.78 is 39.0. The first-order valence-electron chi connectivity index (χ1n) is 6.61. The molecule has 0 aliphatic carbocycles. The zero-order chi connectivity index (χ0) is 16.8. The third kappa shape index (κ3) is 4.32. The fraction of sp³-hybridized carbons (Fsp3) is 0.188. The number of carbonyl (C=O) groups is 1. The van der Waals surface area contributed by atoms with Gasteiger partial charge in [0.05, 0.1) is 19.9 Å². The number of hydrogen-bond acceptors (Lipinski definition) is 4. The third-order valence-corrected chi connectivity index (χ3v) is 2.98. The normalized spacial score (nSPS) is 10.3. The van der Waals surface area contributed by atoms with E-state index in [0.717, 1.165) is 0 Å². The van der Waals surface area contributed by atoms with Crippen LogP contribution in [0.15, 0.2) is 42.5 Å². The smallest absolute Gasteiger partial charge is 0.387 e. The number of alkyl halides is 2. The van der Waals surface area contributed by atoms with E-state index in [2.05, 4.69) is 10.1 Å². The van der Waals surface area contributed by atoms with Gasteiger partial charge in [-0.1, -0.05) is 6.07 Å². The number of benzene rings is 2. The SMILES string of the molecule is COc1ccc(OC)c(NC(=O)c2cccc(OC(F)F)c2)c1. The molecule has 0 spiro atoms. The lowest BCUT2D eigenvalue weighted by molar-refractivity contribution is -0.0498. The van der Waals surface area contributed by atoms with Crippen molar-refractivity contribution >= 4 is 11.6 Å². The minimum Gasteiger partial charge on any atom is -0.497 e. The molecule has 0 aliphatic heterocycles. The first kappa shape index (κ1) is 16.5. The van der Waals surface area contributed by atoms with Crippen LogP contribution in [-0.4, -0.2) is 26.7 Å². The third-order valence-electron chi connectivity index (χ3n) is 2.98. The van der Waals surface area contributed by atoms with Crippen molar-refractivity contribution < 1.29 is 27.8 Å². The number of amides is 1. The van der Waals surface area contributed by atoms with Crippen molar-refractivity contribution in [2.45, 2.75) is 6.61 Å². The molecule has 1 N–H and O–H groups in total. The standard InChI is InChI=1S/C16H15F2NO4/c1-21-11-6-7-14(22-2)13(9-11)19-15(20)10-4-3-5-12(8-10)23-16(17)18/h3-9,16H,1-2H3,(H,19,20). The number of anilines is 1. The van der Waals surface area contributed by atoms with Crippen LogP contribution in [0.5, 0.6) is 17.2 Å². The molecule has 2 aromatic rings. The topological polar surface area (TPSA) is 56.8 Å². The first-order chi connectivity index (χ1) is 11.0. The zero-order valence-corrected chi connectivity index (χ0v) is 12.5. The molecule has 23 heavy (non-hydrogen) atoms. The number of methoxy groups -OCH3 is 2. The minimum absolute atomic E-state index is 0.0924. The molecule has 1 amide bonds. The Morgan fingerprint density at radius 3 is 2.48 bits per heavy atom. The van der Waals surface area contributed by atoms with Crippen molar-refractivity contribution in [3.63, 3.8) is 0 Å². The van der Waals surface area contributed by atoms with Gasteiger partial charge in [0.1, 0.15) is 17.2 Å². The summed E-state index contributed by atoms with van der Waals surface area (Å²) in [6.45, 7) is -2.95. The van der Waals surface area contributed by atoms with Gasteiger partial charge in [0.15, 0.2) is 0 Å². The van der Waals surface area contributed by atoms with Crippen LogP contribution in [0, 0.1) is 0 Å². The fourth-order valence-corrected chi connectivity index (χ4v) is 1.92. The molecule has 0 fully saturated rings. The van der Waals surface area contributed by atoms with Gasteiger partial charge in [-0.05, 0) is 30.3 Å². The molecule has 0 atom stereocenters. The van der Waals surface area contributed by atoms with Crippen molar-refractivity contribution in [2.24, 2.45) is 0 Å². The van der Waals surface area contributed by atoms with Crippen LogP contribution in [-0.2, 0) is 0 Å². The maximum atomic E-state index is 12.3. The van der Waals surface area contributed by atoms with Crippen molar-refractivity contribution in [2.75, 3.05) is 19.5 Å². The van der Waals surface area contributed by atoms with Gasteiger partial charge in [-0.15, -0.1) is 0 Å². The highest BCUT2D eigenvalue weighted by atomic mass is 19.3. The van der Waals surface area contributed by atoms with Gasteiger partial charge in [-0.25, -0.2) is 0 Å².